The second-order valence-electron chi connectivity index (χ2n) is 4.95. The Bertz CT molecular complexity index is 422. The first-order valence-electron chi connectivity index (χ1n) is 7.10. The summed E-state index contributed by atoms with van der Waals surface area (Å²) in [5, 5.41) is 12.0. The van der Waals surface area contributed by atoms with Crippen LogP contribution in [0.2, 0.25) is 0 Å². The molecule has 1 fully saturated rings. The van der Waals surface area contributed by atoms with E-state index in [4.69, 9.17) is 10.00 Å². The minimum Gasteiger partial charge on any atom is -0.385 e. The van der Waals surface area contributed by atoms with E-state index in [0.29, 0.717) is 11.8 Å². The second kappa shape index (κ2) is 7.75. The lowest BCUT2D eigenvalue weighted by Gasteiger charge is -2.22. The first-order chi connectivity index (χ1) is 9.38. The molecule has 1 N–H and O–H groups in total. The number of pyridine rings is 1. The van der Waals surface area contributed by atoms with Gasteiger partial charge in [-0.3, -0.25) is 0 Å². The summed E-state index contributed by atoms with van der Waals surface area (Å²) in [6.45, 7) is 1.68. The van der Waals surface area contributed by atoms with Gasteiger partial charge in [0.25, 0.3) is 0 Å². The molecule has 0 spiro atoms. The minimum atomic E-state index is 0.448. The average Bonchev–Trinajstić information content (AvgIpc) is 2.48. The van der Waals surface area contributed by atoms with Gasteiger partial charge in [0, 0.05) is 25.0 Å². The van der Waals surface area contributed by atoms with Crippen molar-refractivity contribution in [1.82, 2.24) is 4.98 Å². The van der Waals surface area contributed by atoms with Crippen molar-refractivity contribution < 1.29 is 4.74 Å². The highest BCUT2D eigenvalue weighted by Gasteiger charge is 2.12. The number of nitriles is 1. The lowest BCUT2D eigenvalue weighted by Crippen LogP contribution is -2.18. The van der Waals surface area contributed by atoms with Crippen LogP contribution in [-0.2, 0) is 4.74 Å². The van der Waals surface area contributed by atoms with Crippen LogP contribution in [0.1, 0.15) is 44.2 Å². The molecule has 1 aliphatic rings. The van der Waals surface area contributed by atoms with E-state index in [9.17, 15) is 0 Å². The molecule has 4 nitrogen and oxygen atoms in total. The molecular weight excluding hydrogens is 238 g/mol. The van der Waals surface area contributed by atoms with Crippen LogP contribution in [0.15, 0.2) is 18.3 Å². The Morgan fingerprint density at radius 1 is 1.37 bits per heavy atom. The van der Waals surface area contributed by atoms with Crippen LogP contribution in [0.3, 0.4) is 0 Å². The zero-order valence-electron chi connectivity index (χ0n) is 11.3. The van der Waals surface area contributed by atoms with Crippen LogP contribution < -0.4 is 5.32 Å². The Hall–Kier alpha value is -1.60. The molecule has 1 saturated carbocycles. The predicted molar refractivity (Wildman–Crippen MR) is 74.9 cm³/mol. The second-order valence-corrected chi connectivity index (χ2v) is 4.95. The highest BCUT2D eigenvalue weighted by atomic mass is 16.5. The molecule has 0 amide bonds. The first kappa shape index (κ1) is 13.8. The van der Waals surface area contributed by atoms with Gasteiger partial charge in [0.2, 0.25) is 0 Å². The van der Waals surface area contributed by atoms with Gasteiger partial charge in [0.15, 0.2) is 0 Å². The largest absolute Gasteiger partial charge is 0.385 e. The first-order valence-corrected chi connectivity index (χ1v) is 7.10. The van der Waals surface area contributed by atoms with Gasteiger partial charge < -0.3 is 10.1 Å². The molecule has 4 heteroatoms. The lowest BCUT2D eigenvalue weighted by atomic mass is 9.98. The summed E-state index contributed by atoms with van der Waals surface area (Å²) in [7, 11) is 0. The number of nitrogens with one attached hydrogen (secondary N) is 1. The Labute approximate surface area is 114 Å². The Kier molecular flexibility index (Phi) is 5.64. The lowest BCUT2D eigenvalue weighted by molar-refractivity contribution is 0.0284. The smallest absolute Gasteiger partial charge is 0.142 e. The van der Waals surface area contributed by atoms with Gasteiger partial charge in [-0.15, -0.1) is 0 Å². The van der Waals surface area contributed by atoms with Crippen molar-refractivity contribution >= 4 is 5.69 Å². The van der Waals surface area contributed by atoms with E-state index in [2.05, 4.69) is 10.3 Å². The van der Waals surface area contributed by atoms with Crippen LogP contribution in [0.5, 0.6) is 0 Å². The fourth-order valence-electron chi connectivity index (χ4n) is 2.39. The molecule has 0 bridgehead atoms. The Morgan fingerprint density at radius 2 is 2.21 bits per heavy atom. The molecule has 1 heterocycles. The fraction of sp³-hybridized carbons (Fsp3) is 0.600. The summed E-state index contributed by atoms with van der Waals surface area (Å²) in [4.78, 5) is 3.94. The molecule has 1 aromatic rings. The molecule has 0 atom stereocenters. The fourth-order valence-corrected chi connectivity index (χ4v) is 2.39. The van der Waals surface area contributed by atoms with Gasteiger partial charge in [0.05, 0.1) is 6.10 Å². The maximum Gasteiger partial charge on any atom is 0.142 e. The summed E-state index contributed by atoms with van der Waals surface area (Å²) < 4.78 is 5.86. The number of nitrogens with zero attached hydrogens (tertiary/aromatic N) is 2. The average molecular weight is 259 g/mol. The number of anilines is 1. The summed E-state index contributed by atoms with van der Waals surface area (Å²) >= 11 is 0. The summed E-state index contributed by atoms with van der Waals surface area (Å²) in [5.74, 6) is 0. The zero-order chi connectivity index (χ0) is 13.3. The molecule has 0 saturated heterocycles. The summed E-state index contributed by atoms with van der Waals surface area (Å²) in [6, 6.07) is 5.68. The van der Waals surface area contributed by atoms with Crippen molar-refractivity contribution in [3.05, 3.63) is 24.0 Å². The highest BCUT2D eigenvalue weighted by Crippen LogP contribution is 2.20. The topological polar surface area (TPSA) is 57.9 Å². The number of aromatic nitrogens is 1. The van der Waals surface area contributed by atoms with E-state index in [0.717, 1.165) is 25.3 Å². The summed E-state index contributed by atoms with van der Waals surface area (Å²) in [5.41, 5.74) is 1.40. The van der Waals surface area contributed by atoms with E-state index < -0.39 is 0 Å². The molecule has 0 aromatic carbocycles. The number of rotatable bonds is 6. The monoisotopic (exact) mass is 259 g/mol. The van der Waals surface area contributed by atoms with Gasteiger partial charge in [-0.2, -0.15) is 5.26 Å². The molecule has 0 unspecified atom stereocenters. The van der Waals surface area contributed by atoms with Crippen molar-refractivity contribution in [2.75, 3.05) is 18.5 Å². The van der Waals surface area contributed by atoms with E-state index in [1.54, 1.807) is 12.3 Å². The molecule has 102 valence electrons. The van der Waals surface area contributed by atoms with Gasteiger partial charge in [-0.1, -0.05) is 19.3 Å². The third-order valence-electron chi connectivity index (χ3n) is 3.43. The van der Waals surface area contributed by atoms with Gasteiger partial charge in [-0.05, 0) is 31.4 Å². The third kappa shape index (κ3) is 4.88. The molecule has 1 aliphatic carbocycles. The van der Waals surface area contributed by atoms with Gasteiger partial charge >= 0.3 is 0 Å². The van der Waals surface area contributed by atoms with Crippen LogP contribution in [0, 0.1) is 11.3 Å². The number of ether oxygens (including phenoxy) is 1. The van der Waals surface area contributed by atoms with Gasteiger partial charge in [0.1, 0.15) is 11.8 Å². The molecule has 19 heavy (non-hydrogen) atoms. The van der Waals surface area contributed by atoms with Gasteiger partial charge in [-0.25, -0.2) is 4.98 Å². The maximum atomic E-state index is 8.76. The van der Waals surface area contributed by atoms with Crippen LogP contribution in [-0.4, -0.2) is 24.2 Å². The van der Waals surface area contributed by atoms with E-state index in [1.165, 1.54) is 32.1 Å². The minimum absolute atomic E-state index is 0.448. The Morgan fingerprint density at radius 3 is 3.00 bits per heavy atom. The van der Waals surface area contributed by atoms with Crippen molar-refractivity contribution in [1.29, 1.82) is 5.26 Å². The van der Waals surface area contributed by atoms with Crippen molar-refractivity contribution in [3.8, 4) is 6.07 Å². The van der Waals surface area contributed by atoms with Crippen molar-refractivity contribution in [2.45, 2.75) is 44.6 Å². The number of hydrogen-bond acceptors (Lipinski definition) is 4. The Balaban J connectivity index is 1.59. The van der Waals surface area contributed by atoms with Crippen molar-refractivity contribution in [3.63, 3.8) is 0 Å². The summed E-state index contributed by atoms with van der Waals surface area (Å²) in [6.07, 6.45) is 9.57. The van der Waals surface area contributed by atoms with E-state index in [1.807, 2.05) is 12.1 Å². The third-order valence-corrected chi connectivity index (χ3v) is 3.43. The zero-order valence-corrected chi connectivity index (χ0v) is 11.3. The maximum absolute atomic E-state index is 8.76. The molecule has 0 aliphatic heterocycles. The van der Waals surface area contributed by atoms with Crippen LogP contribution in [0.25, 0.3) is 0 Å². The quantitative estimate of drug-likeness (QED) is 0.797. The van der Waals surface area contributed by atoms with Crippen molar-refractivity contribution in [2.24, 2.45) is 0 Å². The standard InChI is InChI=1S/C15H21N3O/c16-12-14-11-13(7-9-18-14)17-8-4-10-19-15-5-2-1-3-6-15/h7,9,11,15H,1-6,8,10H2,(H,17,18). The molecule has 0 radical (unpaired) electrons. The molecule has 1 aromatic heterocycles. The van der Waals surface area contributed by atoms with Crippen LogP contribution in [0.4, 0.5) is 5.69 Å². The highest BCUT2D eigenvalue weighted by molar-refractivity contribution is 5.45. The normalized spacial score (nSPS) is 15.9. The SMILES string of the molecule is N#Cc1cc(NCCCOC2CCCCC2)ccn1. The molecular formula is C15H21N3O. The van der Waals surface area contributed by atoms with E-state index >= 15 is 0 Å². The van der Waals surface area contributed by atoms with E-state index in [-0.39, 0.29) is 0 Å². The van der Waals surface area contributed by atoms with Crippen LogP contribution >= 0.6 is 0 Å². The predicted octanol–water partition coefficient (Wildman–Crippen LogP) is 3.10. The number of hydrogen-bond donors (Lipinski definition) is 1. The molecule has 2 rings (SSSR count).